The van der Waals surface area contributed by atoms with Crippen LogP contribution < -0.4 is 0 Å². The Bertz CT molecular complexity index is 530. The first-order valence-corrected chi connectivity index (χ1v) is 6.37. The number of methoxy groups -OCH3 is 1. The second-order valence-corrected chi connectivity index (χ2v) is 4.44. The molecule has 2 heterocycles. The molecule has 2 atom stereocenters. The average Bonchev–Trinajstić information content (AvgIpc) is 3.20. The van der Waals surface area contributed by atoms with Crippen molar-refractivity contribution in [3.05, 3.63) is 55.5 Å². The molecule has 23 heavy (non-hydrogen) atoms. The van der Waals surface area contributed by atoms with Crippen LogP contribution in [0.15, 0.2) is 35.6 Å². The van der Waals surface area contributed by atoms with Gasteiger partial charge in [0.2, 0.25) is 0 Å². The Morgan fingerprint density at radius 1 is 1.17 bits per heavy atom. The largest absolute Gasteiger partial charge is 0 e. The van der Waals surface area contributed by atoms with Crippen LogP contribution in [0.5, 0.6) is 0 Å². The molecule has 2 aliphatic heterocycles. The van der Waals surface area contributed by atoms with Gasteiger partial charge in [0, 0.05) is 35.2 Å². The topological polar surface area (TPSA) is 89.2 Å². The van der Waals surface area contributed by atoms with Crippen LogP contribution in [0.1, 0.15) is 12.8 Å². The molecule has 0 aromatic carbocycles. The van der Waals surface area contributed by atoms with Crippen molar-refractivity contribution in [3.63, 3.8) is 0 Å². The summed E-state index contributed by atoms with van der Waals surface area (Å²) in [6.45, 7) is 14.6. The van der Waals surface area contributed by atoms with Crippen LogP contribution in [0.3, 0.4) is 0 Å². The molecule has 0 aromatic rings. The molecule has 6 nitrogen and oxygen atoms in total. The van der Waals surface area contributed by atoms with E-state index in [-0.39, 0.29) is 29.0 Å². The molecule has 0 aromatic heterocycles. The first-order chi connectivity index (χ1) is 10.8. The molecule has 1 saturated heterocycles. The zero-order valence-electron chi connectivity index (χ0n) is 12.4. The molecule has 1 aliphatic carbocycles. The van der Waals surface area contributed by atoms with Gasteiger partial charge in [0.15, 0.2) is 0 Å². The zero-order valence-corrected chi connectivity index (χ0v) is 13.5. The smallest absolute Gasteiger partial charge is 0 e. The maximum atomic E-state index is 11.8. The van der Waals surface area contributed by atoms with Crippen molar-refractivity contribution in [2.24, 2.45) is 5.92 Å². The van der Waals surface area contributed by atoms with E-state index in [2.05, 4.69) is 43.1 Å². The third-order valence-electron chi connectivity index (χ3n) is 3.67. The van der Waals surface area contributed by atoms with E-state index in [0.717, 1.165) is 25.0 Å². The van der Waals surface area contributed by atoms with Gasteiger partial charge in [-0.1, -0.05) is 24.3 Å². The standard InChI is InChI=1S/C13H15NO2.3CO.Fe/c1-16-13(15)12-9-5-2-3-6-10(9)14-8-4-7-11(12)14;3*1-2;/h2-3,5-6,9-10H,4,7-8H2,1H3;;;;/t9-,10+;;;;/m0..../s1. The number of fused-ring (bicyclic) bond motifs is 3. The number of nitrogens with zero attached hydrogens (tertiary/aromatic N) is 1. The van der Waals surface area contributed by atoms with Gasteiger partial charge in [0.05, 0.1) is 18.7 Å². The summed E-state index contributed by atoms with van der Waals surface area (Å²) in [6.07, 6.45) is 10.5. The van der Waals surface area contributed by atoms with Gasteiger partial charge in [0.25, 0.3) is 0 Å². The first-order valence-electron chi connectivity index (χ1n) is 6.37. The molecule has 0 amide bonds. The summed E-state index contributed by atoms with van der Waals surface area (Å²) in [5.74, 6) is 0.0436. The Labute approximate surface area is 145 Å². The first kappa shape index (κ1) is 23.5. The predicted molar refractivity (Wildman–Crippen MR) is 72.3 cm³/mol. The molecular weight excluding hydrogens is 342 g/mol. The number of carbonyl (C=O) groups excluding carboxylic acids is 1. The van der Waals surface area contributed by atoms with Gasteiger partial charge in [-0.25, -0.2) is 4.79 Å². The normalized spacial score (nSPS) is 21.6. The quantitative estimate of drug-likeness (QED) is 0.308. The fraction of sp³-hybridized carbons (Fsp3) is 0.375. The Balaban J connectivity index is 0. The Morgan fingerprint density at radius 3 is 2.30 bits per heavy atom. The zero-order chi connectivity index (χ0) is 17.1. The molecule has 122 valence electrons. The van der Waals surface area contributed by atoms with E-state index >= 15 is 0 Å². The van der Waals surface area contributed by atoms with Gasteiger partial charge in [0.1, 0.15) is 0 Å². The fourth-order valence-corrected chi connectivity index (χ4v) is 3.03. The van der Waals surface area contributed by atoms with Crippen molar-refractivity contribution in [2.75, 3.05) is 13.7 Å². The summed E-state index contributed by atoms with van der Waals surface area (Å²) in [4.78, 5) is 14.2. The fourth-order valence-electron chi connectivity index (χ4n) is 3.03. The van der Waals surface area contributed by atoms with E-state index in [1.54, 1.807) is 0 Å². The minimum absolute atomic E-state index is 0. The molecule has 0 spiro atoms. The third-order valence-corrected chi connectivity index (χ3v) is 3.67. The Hall–Kier alpha value is -1.77. The Kier molecular flexibility index (Phi) is 13.0. The third kappa shape index (κ3) is 4.85. The van der Waals surface area contributed by atoms with E-state index in [1.165, 1.54) is 12.8 Å². The minimum Gasteiger partial charge on any atom is 0 e. The average molecular weight is 357 g/mol. The summed E-state index contributed by atoms with van der Waals surface area (Å²) in [6, 6.07) is 0.344. The Morgan fingerprint density at radius 2 is 1.74 bits per heavy atom. The second kappa shape index (κ2) is 12.7. The van der Waals surface area contributed by atoms with E-state index in [1.807, 2.05) is 6.08 Å². The molecule has 7 heteroatoms. The van der Waals surface area contributed by atoms with Crippen LogP contribution in [-0.4, -0.2) is 30.6 Å². The van der Waals surface area contributed by atoms with E-state index in [4.69, 9.17) is 18.7 Å². The van der Waals surface area contributed by atoms with Gasteiger partial charge in [-0.15, -0.1) is 0 Å². The summed E-state index contributed by atoms with van der Waals surface area (Å²) < 4.78 is 27.4. The number of hydrogen-bond donors (Lipinski definition) is 0. The summed E-state index contributed by atoms with van der Waals surface area (Å²) in [5, 5.41) is 0. The molecule has 0 unspecified atom stereocenters. The van der Waals surface area contributed by atoms with Crippen LogP contribution >= 0.6 is 0 Å². The number of rotatable bonds is 1. The molecular formula is C16H15FeNO5. The molecule has 3 aliphatic rings. The minimum atomic E-state index is -0.158. The maximum Gasteiger partial charge on any atom is 0 e. The molecule has 3 rings (SSSR count). The van der Waals surface area contributed by atoms with Gasteiger partial charge in [-0.05, 0) is 12.8 Å². The van der Waals surface area contributed by atoms with Crippen LogP contribution in [0.25, 0.3) is 0 Å². The van der Waals surface area contributed by atoms with Crippen LogP contribution in [0.4, 0.5) is 0 Å². The molecule has 0 bridgehead atoms. The van der Waals surface area contributed by atoms with Gasteiger partial charge in [-0.3, -0.25) is 0 Å². The number of esters is 1. The number of ether oxygens (including phenoxy) is 1. The van der Waals surface area contributed by atoms with Crippen LogP contribution in [0, 0.1) is 25.9 Å². The van der Waals surface area contributed by atoms with Gasteiger partial charge >= 0.3 is 39.9 Å². The molecule has 0 N–H and O–H groups in total. The number of carbonyl (C=O) groups is 1. The second-order valence-electron chi connectivity index (χ2n) is 4.44. The van der Waals surface area contributed by atoms with E-state index in [0.29, 0.717) is 6.04 Å². The van der Waals surface area contributed by atoms with Crippen LogP contribution in [0.2, 0.25) is 0 Å². The van der Waals surface area contributed by atoms with Crippen molar-refractivity contribution in [3.8, 4) is 0 Å². The van der Waals surface area contributed by atoms with Crippen molar-refractivity contribution in [2.45, 2.75) is 18.9 Å². The number of hydrogen-bond acceptors (Lipinski definition) is 3. The van der Waals surface area contributed by atoms with Crippen molar-refractivity contribution < 1.29 is 40.6 Å². The molecule has 1 fully saturated rings. The molecule has 0 saturated carbocycles. The van der Waals surface area contributed by atoms with Crippen molar-refractivity contribution >= 4 is 5.97 Å². The van der Waals surface area contributed by atoms with E-state index < -0.39 is 0 Å². The van der Waals surface area contributed by atoms with Crippen molar-refractivity contribution in [1.82, 2.24) is 4.90 Å². The summed E-state index contributed by atoms with van der Waals surface area (Å²) in [5.41, 5.74) is 2.09. The summed E-state index contributed by atoms with van der Waals surface area (Å²) in [7, 11) is 1.46. The SMILES string of the molecule is COC(=O)C1=C2CCCN2[C@@H]2C=CC=C[C@H]12.[C-]#[O+].[C-]#[O+].[C-]#[O+].[Fe]. The monoisotopic (exact) mass is 357 g/mol. The molecule has 0 radical (unpaired) electrons. The van der Waals surface area contributed by atoms with Gasteiger partial charge in [-0.2, -0.15) is 0 Å². The predicted octanol–water partition coefficient (Wildman–Crippen LogP) is 1.52. The van der Waals surface area contributed by atoms with Crippen molar-refractivity contribution in [1.29, 1.82) is 0 Å². The maximum absolute atomic E-state index is 11.8. The van der Waals surface area contributed by atoms with Gasteiger partial charge < -0.3 is 9.64 Å². The number of allylic oxidation sites excluding steroid dienone is 3. The van der Waals surface area contributed by atoms with E-state index in [9.17, 15) is 4.79 Å². The summed E-state index contributed by atoms with van der Waals surface area (Å²) >= 11 is 0. The van der Waals surface area contributed by atoms with Crippen LogP contribution in [-0.2, 0) is 40.6 Å².